The highest BCUT2D eigenvalue weighted by molar-refractivity contribution is 8.01. The van der Waals surface area contributed by atoms with Gasteiger partial charge in [0.1, 0.15) is 11.3 Å². The molecule has 0 unspecified atom stereocenters. The van der Waals surface area contributed by atoms with E-state index in [9.17, 15) is 14.0 Å². The van der Waals surface area contributed by atoms with Gasteiger partial charge in [-0.1, -0.05) is 23.1 Å². The van der Waals surface area contributed by atoms with Crippen LogP contribution in [0.15, 0.2) is 32.9 Å². The van der Waals surface area contributed by atoms with Gasteiger partial charge < -0.3 is 9.64 Å². The molecule has 2 amide bonds. The molecule has 1 atom stereocenters. The van der Waals surface area contributed by atoms with E-state index in [0.29, 0.717) is 14.9 Å². The van der Waals surface area contributed by atoms with Gasteiger partial charge in [0, 0.05) is 14.0 Å². The van der Waals surface area contributed by atoms with Crippen molar-refractivity contribution in [2.75, 3.05) is 18.5 Å². The van der Waals surface area contributed by atoms with Crippen LogP contribution < -0.4 is 4.90 Å². The van der Waals surface area contributed by atoms with E-state index in [1.807, 2.05) is 0 Å². The third kappa shape index (κ3) is 3.34. The summed E-state index contributed by atoms with van der Waals surface area (Å²) in [5, 5.41) is 7.55. The monoisotopic (exact) mass is 368 g/mol. The minimum atomic E-state index is -0.687. The van der Waals surface area contributed by atoms with Gasteiger partial charge in [-0.3, -0.25) is 9.69 Å². The number of carbonyl (C=O) groups is 2. The van der Waals surface area contributed by atoms with Crippen molar-refractivity contribution in [3.05, 3.63) is 29.5 Å². The van der Waals surface area contributed by atoms with E-state index in [-0.39, 0.29) is 12.5 Å². The van der Waals surface area contributed by atoms with Crippen LogP contribution in [0, 0.1) is 5.82 Å². The maximum Gasteiger partial charge on any atom is 0.416 e. The fraction of sp³-hybridized carbons (Fsp3) is 0.286. The normalized spacial score (nSPS) is 17.0. The highest BCUT2D eigenvalue weighted by atomic mass is 32.2. The molecule has 1 aromatic carbocycles. The zero-order valence-corrected chi connectivity index (χ0v) is 14.4. The van der Waals surface area contributed by atoms with Crippen LogP contribution in [0.3, 0.4) is 0 Å². The van der Waals surface area contributed by atoms with Crippen molar-refractivity contribution in [1.82, 2.24) is 15.1 Å². The van der Waals surface area contributed by atoms with Crippen LogP contribution in [0.2, 0.25) is 0 Å². The van der Waals surface area contributed by atoms with Crippen LogP contribution in [-0.4, -0.2) is 46.9 Å². The molecule has 10 heteroatoms. The van der Waals surface area contributed by atoms with E-state index in [1.54, 1.807) is 24.7 Å². The number of carbonyl (C=O) groups excluding carboxylic acids is 2. The minimum absolute atomic E-state index is 0.150. The molecular formula is C14H13FN4O3S2. The standard InChI is InChI=1S/C14H13FN4O3S2/c1-8(20)18(2)12-6-19(14(21)22-12)9-3-4-11(10(15)5-9)24-13-17-16-7-23-13/h3-5,7,12H,6H2,1-2H3/t12-/m0/s1. The highest BCUT2D eigenvalue weighted by Crippen LogP contribution is 2.33. The summed E-state index contributed by atoms with van der Waals surface area (Å²) in [4.78, 5) is 26.4. The summed E-state index contributed by atoms with van der Waals surface area (Å²) >= 11 is 2.48. The molecule has 0 saturated carbocycles. The second-order valence-electron chi connectivity index (χ2n) is 5.00. The maximum atomic E-state index is 14.3. The Kier molecular flexibility index (Phi) is 4.67. The number of ether oxygens (including phenoxy) is 1. The van der Waals surface area contributed by atoms with Crippen molar-refractivity contribution in [2.24, 2.45) is 0 Å². The summed E-state index contributed by atoms with van der Waals surface area (Å²) in [5.74, 6) is -0.687. The molecule has 1 aromatic heterocycles. The molecule has 0 bridgehead atoms. The van der Waals surface area contributed by atoms with Crippen LogP contribution in [0.1, 0.15) is 6.92 Å². The summed E-state index contributed by atoms with van der Waals surface area (Å²) in [6, 6.07) is 4.47. The van der Waals surface area contributed by atoms with Crippen LogP contribution in [-0.2, 0) is 9.53 Å². The van der Waals surface area contributed by atoms with Crippen molar-refractivity contribution in [3.63, 3.8) is 0 Å². The fourth-order valence-electron chi connectivity index (χ4n) is 2.10. The molecule has 2 aromatic rings. The molecule has 1 saturated heterocycles. The van der Waals surface area contributed by atoms with E-state index in [4.69, 9.17) is 4.74 Å². The lowest BCUT2D eigenvalue weighted by atomic mass is 10.3. The van der Waals surface area contributed by atoms with Gasteiger partial charge in [-0.25, -0.2) is 9.18 Å². The minimum Gasteiger partial charge on any atom is -0.423 e. The number of cyclic esters (lactones) is 1. The van der Waals surface area contributed by atoms with Gasteiger partial charge in [-0.15, -0.1) is 10.2 Å². The molecule has 0 aliphatic carbocycles. The lowest BCUT2D eigenvalue weighted by molar-refractivity contribution is -0.134. The topological polar surface area (TPSA) is 75.6 Å². The number of nitrogens with zero attached hydrogens (tertiary/aromatic N) is 4. The smallest absolute Gasteiger partial charge is 0.416 e. The van der Waals surface area contributed by atoms with Crippen molar-refractivity contribution in [1.29, 1.82) is 0 Å². The zero-order valence-electron chi connectivity index (χ0n) is 12.8. The first-order valence-corrected chi connectivity index (χ1v) is 8.60. The van der Waals surface area contributed by atoms with Gasteiger partial charge in [0.15, 0.2) is 10.6 Å². The summed E-state index contributed by atoms with van der Waals surface area (Å²) in [5.41, 5.74) is 1.94. The number of rotatable bonds is 4. The maximum absolute atomic E-state index is 14.3. The Morgan fingerprint density at radius 1 is 1.54 bits per heavy atom. The second kappa shape index (κ2) is 6.73. The Hall–Kier alpha value is -2.20. The van der Waals surface area contributed by atoms with E-state index in [2.05, 4.69) is 10.2 Å². The quantitative estimate of drug-likeness (QED) is 0.826. The fourth-order valence-corrected chi connectivity index (χ4v) is 3.54. The number of hydrogen-bond acceptors (Lipinski definition) is 7. The lowest BCUT2D eigenvalue weighted by Gasteiger charge is -2.20. The Bertz CT molecular complexity index is 771. The van der Waals surface area contributed by atoms with E-state index < -0.39 is 18.1 Å². The van der Waals surface area contributed by atoms with Crippen LogP contribution in [0.4, 0.5) is 14.9 Å². The predicted octanol–water partition coefficient (Wildman–Crippen LogP) is 2.59. The number of hydrogen-bond donors (Lipinski definition) is 0. The summed E-state index contributed by atoms with van der Waals surface area (Å²) in [6.45, 7) is 1.53. The second-order valence-corrected chi connectivity index (χ2v) is 7.12. The van der Waals surface area contributed by atoms with Crippen molar-refractivity contribution < 1.29 is 18.7 Å². The molecular weight excluding hydrogens is 355 g/mol. The van der Waals surface area contributed by atoms with E-state index in [0.717, 1.165) is 11.8 Å². The molecule has 3 rings (SSSR count). The van der Waals surface area contributed by atoms with Crippen LogP contribution >= 0.6 is 23.1 Å². The molecule has 24 heavy (non-hydrogen) atoms. The molecule has 0 spiro atoms. The van der Waals surface area contributed by atoms with Gasteiger partial charge >= 0.3 is 6.09 Å². The molecule has 7 nitrogen and oxygen atoms in total. The average molecular weight is 368 g/mol. The SMILES string of the molecule is CC(=O)N(C)[C@@H]1CN(c2ccc(Sc3nncs3)c(F)c2)C(=O)O1. The lowest BCUT2D eigenvalue weighted by Crippen LogP contribution is -2.38. The van der Waals surface area contributed by atoms with Crippen molar-refractivity contribution >= 4 is 40.8 Å². The van der Waals surface area contributed by atoms with E-state index >= 15 is 0 Å². The Balaban J connectivity index is 1.76. The highest BCUT2D eigenvalue weighted by Gasteiger charge is 2.36. The largest absolute Gasteiger partial charge is 0.423 e. The Labute approximate surface area is 145 Å². The summed E-state index contributed by atoms with van der Waals surface area (Å²) in [6.07, 6.45) is -1.30. The van der Waals surface area contributed by atoms with Crippen LogP contribution in [0.5, 0.6) is 0 Å². The summed E-state index contributed by atoms with van der Waals surface area (Å²) in [7, 11) is 1.55. The third-order valence-electron chi connectivity index (χ3n) is 3.49. The summed E-state index contributed by atoms with van der Waals surface area (Å²) < 4.78 is 20.1. The van der Waals surface area contributed by atoms with E-state index in [1.165, 1.54) is 34.1 Å². The first kappa shape index (κ1) is 16.7. The average Bonchev–Trinajstić information content (AvgIpc) is 3.18. The van der Waals surface area contributed by atoms with Crippen molar-refractivity contribution in [3.8, 4) is 0 Å². The molecule has 0 N–H and O–H groups in total. The predicted molar refractivity (Wildman–Crippen MR) is 86.5 cm³/mol. The Morgan fingerprint density at radius 2 is 2.33 bits per heavy atom. The molecule has 2 heterocycles. The van der Waals surface area contributed by atoms with Crippen LogP contribution in [0.25, 0.3) is 0 Å². The molecule has 1 aliphatic heterocycles. The molecule has 1 fully saturated rings. The molecule has 0 radical (unpaired) electrons. The number of amides is 2. The van der Waals surface area contributed by atoms with Gasteiger partial charge in [0.2, 0.25) is 5.91 Å². The van der Waals surface area contributed by atoms with Gasteiger partial charge in [0.25, 0.3) is 0 Å². The first-order chi connectivity index (χ1) is 11.5. The number of likely N-dealkylation sites (N-methyl/N-ethyl adjacent to an activating group) is 1. The van der Waals surface area contributed by atoms with Gasteiger partial charge in [-0.05, 0) is 18.2 Å². The molecule has 1 aliphatic rings. The van der Waals surface area contributed by atoms with Gasteiger partial charge in [-0.2, -0.15) is 0 Å². The van der Waals surface area contributed by atoms with Crippen molar-refractivity contribution in [2.45, 2.75) is 22.4 Å². The number of halogens is 1. The molecule has 126 valence electrons. The Morgan fingerprint density at radius 3 is 2.96 bits per heavy atom. The number of anilines is 1. The first-order valence-electron chi connectivity index (χ1n) is 6.91. The third-order valence-corrected chi connectivity index (χ3v) is 5.32. The number of benzene rings is 1. The van der Waals surface area contributed by atoms with Gasteiger partial charge in [0.05, 0.1) is 17.1 Å². The zero-order chi connectivity index (χ0) is 17.3. The number of aromatic nitrogens is 2.